The molecule has 3 atom stereocenters. The second-order valence-electron chi connectivity index (χ2n) is 6.84. The summed E-state index contributed by atoms with van der Waals surface area (Å²) in [7, 11) is 0. The van der Waals surface area contributed by atoms with Crippen molar-refractivity contribution >= 4 is 11.9 Å². The number of carbonyl (C=O) groups is 2. The van der Waals surface area contributed by atoms with Crippen molar-refractivity contribution in [1.29, 1.82) is 0 Å². The zero-order valence-corrected chi connectivity index (χ0v) is 15.0. The molecule has 1 N–H and O–H groups in total. The van der Waals surface area contributed by atoms with Gasteiger partial charge in [-0.25, -0.2) is 0 Å². The molecule has 4 heteroatoms. The van der Waals surface area contributed by atoms with Gasteiger partial charge >= 0.3 is 5.97 Å². The first-order valence-electron chi connectivity index (χ1n) is 9.08. The Hall–Kier alpha value is -1.84. The molecule has 1 aromatic carbocycles. The lowest BCUT2D eigenvalue weighted by atomic mass is 9.85. The molecule has 1 aliphatic rings. The van der Waals surface area contributed by atoms with E-state index < -0.39 is 6.10 Å². The molecule has 0 unspecified atom stereocenters. The molecule has 0 saturated heterocycles. The topological polar surface area (TPSA) is 55.4 Å². The number of hydrogen-bond acceptors (Lipinski definition) is 3. The lowest BCUT2D eigenvalue weighted by molar-refractivity contribution is -0.157. The van der Waals surface area contributed by atoms with E-state index in [0.29, 0.717) is 0 Å². The van der Waals surface area contributed by atoms with Crippen LogP contribution in [0, 0.1) is 5.92 Å². The number of benzene rings is 1. The molecular formula is C20H29NO3. The summed E-state index contributed by atoms with van der Waals surface area (Å²) in [5.41, 5.74) is 0.945. The summed E-state index contributed by atoms with van der Waals surface area (Å²) in [6.07, 6.45) is 4.47. The van der Waals surface area contributed by atoms with Crippen molar-refractivity contribution in [1.82, 2.24) is 5.32 Å². The predicted octanol–water partition coefficient (Wildman–Crippen LogP) is 3.81. The normalized spacial score (nSPS) is 18.6. The predicted molar refractivity (Wildman–Crippen MR) is 94.6 cm³/mol. The van der Waals surface area contributed by atoms with Gasteiger partial charge in [0.15, 0.2) is 6.10 Å². The number of nitrogens with one attached hydrogen (secondary N) is 1. The van der Waals surface area contributed by atoms with Crippen LogP contribution in [0.4, 0.5) is 0 Å². The molecule has 1 saturated carbocycles. The summed E-state index contributed by atoms with van der Waals surface area (Å²) >= 11 is 0. The molecule has 4 nitrogen and oxygen atoms in total. The molecule has 0 spiro atoms. The van der Waals surface area contributed by atoms with E-state index in [1.807, 2.05) is 37.3 Å². The molecule has 1 amide bonds. The highest BCUT2D eigenvalue weighted by atomic mass is 16.5. The molecular weight excluding hydrogens is 302 g/mol. The van der Waals surface area contributed by atoms with Gasteiger partial charge in [-0.2, -0.15) is 0 Å². The van der Waals surface area contributed by atoms with Crippen molar-refractivity contribution in [3.8, 4) is 0 Å². The van der Waals surface area contributed by atoms with Crippen LogP contribution in [0.1, 0.15) is 64.4 Å². The maximum atomic E-state index is 12.7. The van der Waals surface area contributed by atoms with E-state index in [1.165, 1.54) is 0 Å². The Balaban J connectivity index is 1.99. The summed E-state index contributed by atoms with van der Waals surface area (Å²) in [4.78, 5) is 24.9. The maximum absolute atomic E-state index is 12.7. The highest BCUT2D eigenvalue weighted by molar-refractivity contribution is 5.85. The Morgan fingerprint density at radius 2 is 1.79 bits per heavy atom. The molecule has 0 aromatic heterocycles. The maximum Gasteiger partial charge on any atom is 0.314 e. The van der Waals surface area contributed by atoms with Crippen LogP contribution in [0.2, 0.25) is 0 Å². The number of amides is 1. The summed E-state index contributed by atoms with van der Waals surface area (Å²) in [5, 5.41) is 2.99. The number of hydrogen-bond donors (Lipinski definition) is 1. The fraction of sp³-hybridized carbons (Fsp3) is 0.600. The third-order valence-electron chi connectivity index (χ3n) is 4.99. The summed E-state index contributed by atoms with van der Waals surface area (Å²) < 4.78 is 5.51. The van der Waals surface area contributed by atoms with E-state index in [1.54, 1.807) is 6.92 Å². The molecule has 0 radical (unpaired) electrons. The summed E-state index contributed by atoms with van der Waals surface area (Å²) in [6, 6.07) is 9.91. The first-order valence-corrected chi connectivity index (χ1v) is 9.08. The minimum atomic E-state index is -0.756. The van der Waals surface area contributed by atoms with E-state index in [2.05, 4.69) is 12.2 Å². The molecule has 132 valence electrons. The van der Waals surface area contributed by atoms with Crippen LogP contribution >= 0.6 is 0 Å². The van der Waals surface area contributed by atoms with E-state index in [-0.39, 0.29) is 29.8 Å². The fourth-order valence-electron chi connectivity index (χ4n) is 3.28. The van der Waals surface area contributed by atoms with Gasteiger partial charge in [-0.3, -0.25) is 9.59 Å². The van der Waals surface area contributed by atoms with Crippen LogP contribution < -0.4 is 5.32 Å². The summed E-state index contributed by atoms with van der Waals surface area (Å²) in [5.74, 6) is -0.682. The second kappa shape index (κ2) is 8.86. The monoisotopic (exact) mass is 331 g/mol. The third kappa shape index (κ3) is 4.83. The van der Waals surface area contributed by atoms with E-state index in [4.69, 9.17) is 4.74 Å². The number of carbonyl (C=O) groups excluding carboxylic acids is 2. The molecule has 0 heterocycles. The van der Waals surface area contributed by atoms with E-state index in [9.17, 15) is 9.59 Å². The van der Waals surface area contributed by atoms with Crippen LogP contribution in [0.15, 0.2) is 30.3 Å². The zero-order chi connectivity index (χ0) is 17.5. The Morgan fingerprint density at radius 1 is 1.17 bits per heavy atom. The van der Waals surface area contributed by atoms with Crippen molar-refractivity contribution in [2.75, 3.05) is 0 Å². The second-order valence-corrected chi connectivity index (χ2v) is 6.84. The average Bonchev–Trinajstić information content (AvgIpc) is 3.08. The van der Waals surface area contributed by atoms with Gasteiger partial charge in [0.25, 0.3) is 5.91 Å². The Morgan fingerprint density at radius 3 is 2.38 bits per heavy atom. The van der Waals surface area contributed by atoms with Crippen LogP contribution in [0.25, 0.3) is 0 Å². The molecule has 0 aliphatic heterocycles. The lowest BCUT2D eigenvalue weighted by Crippen LogP contribution is -2.41. The van der Waals surface area contributed by atoms with Crippen molar-refractivity contribution in [2.45, 2.75) is 70.9 Å². The van der Waals surface area contributed by atoms with Crippen molar-refractivity contribution in [3.63, 3.8) is 0 Å². The average molecular weight is 331 g/mol. The van der Waals surface area contributed by atoms with E-state index >= 15 is 0 Å². The van der Waals surface area contributed by atoms with Crippen LogP contribution in [0.5, 0.6) is 0 Å². The molecule has 2 rings (SSSR count). The van der Waals surface area contributed by atoms with Crippen LogP contribution in [-0.2, 0) is 14.3 Å². The quantitative estimate of drug-likeness (QED) is 0.773. The van der Waals surface area contributed by atoms with Gasteiger partial charge in [0.05, 0.1) is 5.92 Å². The smallest absolute Gasteiger partial charge is 0.314 e. The van der Waals surface area contributed by atoms with Crippen LogP contribution in [0.3, 0.4) is 0 Å². The van der Waals surface area contributed by atoms with Gasteiger partial charge in [0.2, 0.25) is 0 Å². The van der Waals surface area contributed by atoms with Gasteiger partial charge in [-0.1, -0.05) is 63.4 Å². The summed E-state index contributed by atoms with van der Waals surface area (Å²) in [6.45, 7) is 5.76. The number of ether oxygens (including phenoxy) is 1. The SMILES string of the molecule is CC[C@H](C)[C@H](C(=O)O[C@H](C)C(=O)NC1CCCC1)c1ccccc1. The van der Waals surface area contributed by atoms with Gasteiger partial charge in [0.1, 0.15) is 0 Å². The standard InChI is InChI=1S/C20H29NO3/c1-4-14(2)18(16-10-6-5-7-11-16)20(23)24-15(3)19(22)21-17-12-8-9-13-17/h5-7,10-11,14-15,17-18H,4,8-9,12-13H2,1-3H3,(H,21,22)/t14-,15+,18-/m0/s1. The van der Waals surface area contributed by atoms with Gasteiger partial charge in [-0.15, -0.1) is 0 Å². The fourth-order valence-corrected chi connectivity index (χ4v) is 3.28. The molecule has 0 bridgehead atoms. The van der Waals surface area contributed by atoms with Gasteiger partial charge < -0.3 is 10.1 Å². The zero-order valence-electron chi connectivity index (χ0n) is 15.0. The molecule has 1 fully saturated rings. The molecule has 24 heavy (non-hydrogen) atoms. The Kier molecular flexibility index (Phi) is 6.83. The first kappa shape index (κ1) is 18.5. The van der Waals surface area contributed by atoms with Gasteiger partial charge in [0, 0.05) is 6.04 Å². The highest BCUT2D eigenvalue weighted by Gasteiger charge is 2.30. The van der Waals surface area contributed by atoms with Crippen molar-refractivity contribution < 1.29 is 14.3 Å². The largest absolute Gasteiger partial charge is 0.452 e. The Bertz CT molecular complexity index is 537. The minimum absolute atomic E-state index is 0.157. The van der Waals surface area contributed by atoms with Crippen molar-refractivity contribution in [2.24, 2.45) is 5.92 Å². The number of rotatable bonds is 7. The first-order chi connectivity index (χ1) is 11.5. The van der Waals surface area contributed by atoms with Crippen molar-refractivity contribution in [3.05, 3.63) is 35.9 Å². The molecule has 1 aromatic rings. The highest BCUT2D eigenvalue weighted by Crippen LogP contribution is 2.28. The third-order valence-corrected chi connectivity index (χ3v) is 4.99. The Labute approximate surface area is 145 Å². The van der Waals surface area contributed by atoms with Gasteiger partial charge in [-0.05, 0) is 31.2 Å². The number of esters is 1. The lowest BCUT2D eigenvalue weighted by Gasteiger charge is -2.24. The molecule has 1 aliphatic carbocycles. The van der Waals surface area contributed by atoms with Crippen LogP contribution in [-0.4, -0.2) is 24.0 Å². The van der Waals surface area contributed by atoms with E-state index in [0.717, 1.165) is 37.7 Å². The minimum Gasteiger partial charge on any atom is -0.452 e.